The standard InChI is InChI=1S/C17H16BrCl2NO2/c1-10(2)11-3-6-16(13(18)7-11)23-9-17(22)21-15-8-12(19)4-5-14(15)20/h3-8,10H,9H2,1-2H3,(H,21,22). The lowest BCUT2D eigenvalue weighted by Crippen LogP contribution is -2.20. The average Bonchev–Trinajstić information content (AvgIpc) is 2.49. The van der Waals surface area contributed by atoms with Crippen LogP contribution in [0.3, 0.4) is 0 Å². The number of ether oxygens (including phenoxy) is 1. The maximum atomic E-state index is 12.0. The maximum absolute atomic E-state index is 12.0. The normalized spacial score (nSPS) is 10.7. The predicted molar refractivity (Wildman–Crippen MR) is 98.8 cm³/mol. The van der Waals surface area contributed by atoms with Gasteiger partial charge in [0.05, 0.1) is 15.2 Å². The first-order valence-corrected chi connectivity index (χ1v) is 8.59. The lowest BCUT2D eigenvalue weighted by atomic mass is 10.0. The van der Waals surface area contributed by atoms with Gasteiger partial charge in [0.15, 0.2) is 6.61 Å². The highest BCUT2D eigenvalue weighted by molar-refractivity contribution is 9.10. The predicted octanol–water partition coefficient (Wildman–Crippen LogP) is 5.90. The summed E-state index contributed by atoms with van der Waals surface area (Å²) in [7, 11) is 0. The van der Waals surface area contributed by atoms with Gasteiger partial charge in [-0.3, -0.25) is 4.79 Å². The largest absolute Gasteiger partial charge is 0.483 e. The van der Waals surface area contributed by atoms with Crippen LogP contribution in [0.15, 0.2) is 40.9 Å². The summed E-state index contributed by atoms with van der Waals surface area (Å²) in [6, 6.07) is 10.7. The Morgan fingerprint density at radius 3 is 2.61 bits per heavy atom. The van der Waals surface area contributed by atoms with Gasteiger partial charge in [0, 0.05) is 5.02 Å². The molecule has 0 atom stereocenters. The van der Waals surface area contributed by atoms with Gasteiger partial charge in [-0.1, -0.05) is 43.1 Å². The molecule has 0 aliphatic heterocycles. The number of amides is 1. The van der Waals surface area contributed by atoms with Gasteiger partial charge in [-0.15, -0.1) is 0 Å². The second-order valence-corrected chi connectivity index (χ2v) is 7.00. The molecule has 1 N–H and O–H groups in total. The van der Waals surface area contributed by atoms with Crippen LogP contribution >= 0.6 is 39.1 Å². The number of carbonyl (C=O) groups is 1. The molecular weight excluding hydrogens is 401 g/mol. The van der Waals surface area contributed by atoms with E-state index >= 15 is 0 Å². The van der Waals surface area contributed by atoms with Crippen molar-refractivity contribution in [3.8, 4) is 5.75 Å². The fourth-order valence-electron chi connectivity index (χ4n) is 1.92. The smallest absolute Gasteiger partial charge is 0.262 e. The van der Waals surface area contributed by atoms with E-state index in [4.69, 9.17) is 27.9 Å². The molecule has 2 aromatic rings. The van der Waals surface area contributed by atoms with Crippen molar-refractivity contribution >= 4 is 50.7 Å². The summed E-state index contributed by atoms with van der Waals surface area (Å²) < 4.78 is 6.36. The molecule has 2 rings (SSSR count). The van der Waals surface area contributed by atoms with Crippen molar-refractivity contribution in [3.05, 3.63) is 56.5 Å². The molecule has 0 spiro atoms. The quantitative estimate of drug-likeness (QED) is 0.659. The van der Waals surface area contributed by atoms with Gasteiger partial charge in [-0.05, 0) is 57.7 Å². The lowest BCUT2D eigenvalue weighted by Gasteiger charge is -2.12. The summed E-state index contributed by atoms with van der Waals surface area (Å²) in [5.41, 5.74) is 1.65. The van der Waals surface area contributed by atoms with Crippen molar-refractivity contribution in [2.24, 2.45) is 0 Å². The zero-order valence-corrected chi connectivity index (χ0v) is 15.8. The summed E-state index contributed by atoms with van der Waals surface area (Å²) in [5, 5.41) is 3.59. The first-order chi connectivity index (χ1) is 10.9. The fourth-order valence-corrected chi connectivity index (χ4v) is 2.76. The van der Waals surface area contributed by atoms with Crippen molar-refractivity contribution < 1.29 is 9.53 Å². The maximum Gasteiger partial charge on any atom is 0.262 e. The third kappa shape index (κ3) is 5.13. The second kappa shape index (κ2) is 8.04. The molecule has 0 heterocycles. The van der Waals surface area contributed by atoms with E-state index in [2.05, 4.69) is 35.1 Å². The molecule has 0 saturated carbocycles. The van der Waals surface area contributed by atoms with E-state index in [1.807, 2.05) is 18.2 Å². The number of hydrogen-bond donors (Lipinski definition) is 1. The van der Waals surface area contributed by atoms with E-state index < -0.39 is 0 Å². The molecule has 0 saturated heterocycles. The monoisotopic (exact) mass is 415 g/mol. The van der Waals surface area contributed by atoms with Crippen molar-refractivity contribution in [1.82, 2.24) is 0 Å². The number of carbonyl (C=O) groups excluding carboxylic acids is 1. The van der Waals surface area contributed by atoms with E-state index in [9.17, 15) is 4.79 Å². The van der Waals surface area contributed by atoms with Crippen LogP contribution in [0, 0.1) is 0 Å². The first-order valence-electron chi connectivity index (χ1n) is 7.04. The zero-order valence-electron chi connectivity index (χ0n) is 12.7. The minimum atomic E-state index is -0.311. The van der Waals surface area contributed by atoms with Gasteiger partial charge >= 0.3 is 0 Å². The number of nitrogens with one attached hydrogen (secondary N) is 1. The molecular formula is C17H16BrCl2NO2. The highest BCUT2D eigenvalue weighted by Gasteiger charge is 2.10. The Labute approximate surface area is 154 Å². The number of halogens is 3. The highest BCUT2D eigenvalue weighted by atomic mass is 79.9. The molecule has 6 heteroatoms. The van der Waals surface area contributed by atoms with Crippen LogP contribution in [-0.4, -0.2) is 12.5 Å². The Morgan fingerprint density at radius 2 is 1.96 bits per heavy atom. The average molecular weight is 417 g/mol. The van der Waals surface area contributed by atoms with Crippen molar-refractivity contribution in [1.29, 1.82) is 0 Å². The van der Waals surface area contributed by atoms with Gasteiger partial charge in [-0.25, -0.2) is 0 Å². The number of anilines is 1. The van der Waals surface area contributed by atoms with Crippen LogP contribution in [0.2, 0.25) is 10.0 Å². The Kier molecular flexibility index (Phi) is 6.33. The molecule has 0 fully saturated rings. The van der Waals surface area contributed by atoms with Gasteiger partial charge in [0.25, 0.3) is 5.91 Å². The Balaban J connectivity index is 1.98. The molecule has 0 aliphatic rings. The topological polar surface area (TPSA) is 38.3 Å². The summed E-state index contributed by atoms with van der Waals surface area (Å²) in [6.45, 7) is 4.11. The van der Waals surface area contributed by atoms with Gasteiger partial charge in [0.1, 0.15) is 5.75 Å². The summed E-state index contributed by atoms with van der Waals surface area (Å²) in [6.07, 6.45) is 0. The van der Waals surface area contributed by atoms with E-state index in [1.165, 1.54) is 5.56 Å². The van der Waals surface area contributed by atoms with Crippen molar-refractivity contribution in [2.45, 2.75) is 19.8 Å². The molecule has 2 aromatic carbocycles. The number of rotatable bonds is 5. The molecule has 0 aliphatic carbocycles. The fraction of sp³-hybridized carbons (Fsp3) is 0.235. The van der Waals surface area contributed by atoms with Gasteiger partial charge < -0.3 is 10.1 Å². The molecule has 23 heavy (non-hydrogen) atoms. The van der Waals surface area contributed by atoms with E-state index in [0.717, 1.165) is 4.47 Å². The minimum absolute atomic E-state index is 0.123. The molecule has 0 aromatic heterocycles. The van der Waals surface area contributed by atoms with Gasteiger partial charge in [0.2, 0.25) is 0 Å². The molecule has 0 bridgehead atoms. The molecule has 122 valence electrons. The van der Waals surface area contributed by atoms with Crippen LogP contribution in [0.25, 0.3) is 0 Å². The number of benzene rings is 2. The van der Waals surface area contributed by atoms with Crippen molar-refractivity contribution in [3.63, 3.8) is 0 Å². The van der Waals surface area contributed by atoms with Gasteiger partial charge in [-0.2, -0.15) is 0 Å². The summed E-state index contributed by atoms with van der Waals surface area (Å²) in [5.74, 6) is 0.726. The Morgan fingerprint density at radius 1 is 1.22 bits per heavy atom. The Hall–Kier alpha value is -1.23. The lowest BCUT2D eigenvalue weighted by molar-refractivity contribution is -0.118. The highest BCUT2D eigenvalue weighted by Crippen LogP contribution is 2.29. The zero-order chi connectivity index (χ0) is 17.0. The molecule has 0 unspecified atom stereocenters. The SMILES string of the molecule is CC(C)c1ccc(OCC(=O)Nc2cc(Cl)ccc2Cl)c(Br)c1. The van der Waals surface area contributed by atoms with Crippen molar-refractivity contribution in [2.75, 3.05) is 11.9 Å². The van der Waals surface area contributed by atoms with E-state index in [-0.39, 0.29) is 12.5 Å². The minimum Gasteiger partial charge on any atom is -0.483 e. The van der Waals surface area contributed by atoms with Crippen LogP contribution in [0.1, 0.15) is 25.3 Å². The Bertz CT molecular complexity index is 720. The summed E-state index contributed by atoms with van der Waals surface area (Å²) in [4.78, 5) is 12.0. The van der Waals surface area contributed by atoms with E-state index in [1.54, 1.807) is 18.2 Å². The third-order valence-electron chi connectivity index (χ3n) is 3.18. The van der Waals surface area contributed by atoms with E-state index in [0.29, 0.717) is 27.4 Å². The molecule has 1 amide bonds. The van der Waals surface area contributed by atoms with Crippen LogP contribution in [0.4, 0.5) is 5.69 Å². The van der Waals surface area contributed by atoms with Crippen LogP contribution in [-0.2, 0) is 4.79 Å². The second-order valence-electron chi connectivity index (χ2n) is 5.31. The summed E-state index contributed by atoms with van der Waals surface area (Å²) >= 11 is 15.4. The molecule has 3 nitrogen and oxygen atoms in total. The van der Waals surface area contributed by atoms with Crippen LogP contribution in [0.5, 0.6) is 5.75 Å². The molecule has 0 radical (unpaired) electrons. The number of hydrogen-bond acceptors (Lipinski definition) is 2. The van der Waals surface area contributed by atoms with Crippen LogP contribution < -0.4 is 10.1 Å². The first kappa shape index (κ1) is 18.1. The third-order valence-corrected chi connectivity index (χ3v) is 4.37.